The van der Waals surface area contributed by atoms with Gasteiger partial charge in [0.1, 0.15) is 6.61 Å². The molecular formula is C12H17N5O3. The molecule has 0 bridgehead atoms. The summed E-state index contributed by atoms with van der Waals surface area (Å²) in [5.74, 6) is 0. The number of benzene rings is 1. The van der Waals surface area contributed by atoms with E-state index in [0.717, 1.165) is 5.56 Å². The maximum atomic E-state index is 10.2. The number of primary amides is 1. The number of nitrogens with two attached hydrogens (primary N) is 1. The molecule has 8 heteroatoms. The van der Waals surface area contributed by atoms with Gasteiger partial charge in [-0.2, -0.15) is 0 Å². The van der Waals surface area contributed by atoms with Gasteiger partial charge in [0.15, 0.2) is 0 Å². The average molecular weight is 279 g/mol. The number of hydrogen-bond acceptors (Lipinski definition) is 5. The van der Waals surface area contributed by atoms with Crippen LogP contribution in [0.15, 0.2) is 35.4 Å². The van der Waals surface area contributed by atoms with Gasteiger partial charge in [-0.1, -0.05) is 35.4 Å². The molecule has 2 rings (SSSR count). The molecule has 1 aromatic rings. The summed E-state index contributed by atoms with van der Waals surface area (Å²) in [7, 11) is 0. The number of carbonyl (C=O) groups excluding carboxylic acids is 1. The molecule has 0 spiro atoms. The van der Waals surface area contributed by atoms with Gasteiger partial charge < -0.3 is 20.9 Å². The lowest BCUT2D eigenvalue weighted by Crippen LogP contribution is -2.20. The largest absolute Gasteiger partial charge is 0.445 e. The van der Waals surface area contributed by atoms with E-state index in [0.29, 0.717) is 13.1 Å². The molecule has 1 aliphatic heterocycles. The molecule has 1 aromatic carbocycles. The molecule has 1 aliphatic rings. The van der Waals surface area contributed by atoms with Gasteiger partial charge >= 0.3 is 6.09 Å². The lowest BCUT2D eigenvalue weighted by molar-refractivity contribution is 0.150. The lowest BCUT2D eigenvalue weighted by Gasteiger charge is -2.02. The highest BCUT2D eigenvalue weighted by atomic mass is 16.5. The lowest BCUT2D eigenvalue weighted by atomic mass is 10.2. The Labute approximate surface area is 116 Å². The molecule has 4 N–H and O–H groups in total. The van der Waals surface area contributed by atoms with Crippen LogP contribution in [0.4, 0.5) is 4.79 Å². The number of β-amino-alcohol motifs (C(OH)–C–C–N with tert-alkyl or cyclic N) is 1. The van der Waals surface area contributed by atoms with Crippen LogP contribution in [0, 0.1) is 0 Å². The van der Waals surface area contributed by atoms with Crippen LogP contribution in [0.2, 0.25) is 0 Å². The molecule has 2 unspecified atom stereocenters. The van der Waals surface area contributed by atoms with E-state index in [2.05, 4.69) is 20.1 Å². The zero-order valence-corrected chi connectivity index (χ0v) is 10.8. The van der Waals surface area contributed by atoms with E-state index in [9.17, 15) is 4.79 Å². The van der Waals surface area contributed by atoms with Gasteiger partial charge in [0.2, 0.25) is 0 Å². The molecule has 0 saturated carbocycles. The van der Waals surface area contributed by atoms with Crippen LogP contribution in [0.1, 0.15) is 5.56 Å². The minimum Gasteiger partial charge on any atom is -0.445 e. The van der Waals surface area contributed by atoms with Crippen molar-refractivity contribution in [3.8, 4) is 0 Å². The minimum absolute atomic E-state index is 0.246. The maximum Gasteiger partial charge on any atom is 0.404 e. The van der Waals surface area contributed by atoms with Gasteiger partial charge in [0, 0.05) is 18.0 Å². The molecule has 1 fully saturated rings. The van der Waals surface area contributed by atoms with E-state index in [1.54, 1.807) is 0 Å². The summed E-state index contributed by atoms with van der Waals surface area (Å²) in [5.41, 5.74) is 13.7. The highest BCUT2D eigenvalue weighted by Crippen LogP contribution is 2.03. The second-order valence-corrected chi connectivity index (χ2v) is 4.09. The first-order valence-electron chi connectivity index (χ1n) is 6.02. The molecule has 1 saturated heterocycles. The van der Waals surface area contributed by atoms with Crippen molar-refractivity contribution in [2.75, 3.05) is 13.1 Å². The van der Waals surface area contributed by atoms with Crippen LogP contribution in [0.3, 0.4) is 0 Å². The number of hydrogen-bond donors (Lipinski definition) is 3. The fourth-order valence-corrected chi connectivity index (χ4v) is 1.56. The van der Waals surface area contributed by atoms with Crippen LogP contribution in [-0.2, 0) is 11.3 Å². The van der Waals surface area contributed by atoms with E-state index in [1.165, 1.54) is 0 Å². The van der Waals surface area contributed by atoms with E-state index < -0.39 is 12.2 Å². The van der Waals surface area contributed by atoms with Gasteiger partial charge in [-0.3, -0.25) is 0 Å². The third-order valence-electron chi connectivity index (χ3n) is 2.57. The van der Waals surface area contributed by atoms with E-state index in [4.69, 9.17) is 16.4 Å². The molecular weight excluding hydrogens is 262 g/mol. The SMILES string of the molecule is NC(=O)OCc1ccccc1.[N-]=[N+]=NC1CNCC1O. The summed E-state index contributed by atoms with van der Waals surface area (Å²) in [6.45, 7) is 1.37. The summed E-state index contributed by atoms with van der Waals surface area (Å²) in [4.78, 5) is 12.8. The third kappa shape index (κ3) is 6.05. The number of nitrogens with zero attached hydrogens (tertiary/aromatic N) is 3. The summed E-state index contributed by atoms with van der Waals surface area (Å²) >= 11 is 0. The highest BCUT2D eigenvalue weighted by molar-refractivity contribution is 5.64. The molecule has 0 radical (unpaired) electrons. The van der Waals surface area contributed by atoms with Gasteiger partial charge in [-0.25, -0.2) is 4.79 Å². The van der Waals surface area contributed by atoms with Crippen molar-refractivity contribution >= 4 is 6.09 Å². The van der Waals surface area contributed by atoms with Crippen LogP contribution in [0.25, 0.3) is 10.4 Å². The fourth-order valence-electron chi connectivity index (χ4n) is 1.56. The van der Waals surface area contributed by atoms with E-state index in [-0.39, 0.29) is 12.6 Å². The van der Waals surface area contributed by atoms with Gasteiger partial charge in [0.25, 0.3) is 0 Å². The van der Waals surface area contributed by atoms with Gasteiger partial charge in [0.05, 0.1) is 12.1 Å². The summed E-state index contributed by atoms with van der Waals surface area (Å²) in [6, 6.07) is 9.11. The number of rotatable bonds is 3. The summed E-state index contributed by atoms with van der Waals surface area (Å²) in [5, 5.41) is 15.3. The Morgan fingerprint density at radius 2 is 2.20 bits per heavy atom. The number of amides is 1. The fraction of sp³-hybridized carbons (Fsp3) is 0.417. The Morgan fingerprint density at radius 3 is 2.70 bits per heavy atom. The molecule has 20 heavy (non-hydrogen) atoms. The minimum atomic E-state index is -0.742. The summed E-state index contributed by atoms with van der Waals surface area (Å²) in [6.07, 6.45) is -1.24. The second kappa shape index (κ2) is 8.76. The monoisotopic (exact) mass is 279 g/mol. The smallest absolute Gasteiger partial charge is 0.404 e. The number of aliphatic hydroxyl groups is 1. The molecule has 8 nitrogen and oxygen atoms in total. The standard InChI is InChI=1S/C8H9NO2.C4H8N4O/c9-8(10)11-6-7-4-2-1-3-5-7;5-8-7-3-1-6-2-4(3)9/h1-5H,6H2,(H2,9,10);3-4,6,9H,1-2H2. The zero-order valence-electron chi connectivity index (χ0n) is 10.8. The quantitative estimate of drug-likeness (QED) is 0.430. The second-order valence-electron chi connectivity index (χ2n) is 4.09. The topological polar surface area (TPSA) is 133 Å². The summed E-state index contributed by atoms with van der Waals surface area (Å²) < 4.78 is 4.57. The van der Waals surface area contributed by atoms with Gasteiger partial charge in [-0.15, -0.1) is 0 Å². The van der Waals surface area contributed by atoms with Crippen molar-refractivity contribution in [3.05, 3.63) is 46.3 Å². The van der Waals surface area contributed by atoms with Crippen LogP contribution in [0.5, 0.6) is 0 Å². The van der Waals surface area contributed by atoms with Gasteiger partial charge in [-0.05, 0) is 11.1 Å². The predicted octanol–water partition coefficient (Wildman–Crippen LogP) is 0.911. The van der Waals surface area contributed by atoms with Crippen molar-refractivity contribution in [1.29, 1.82) is 0 Å². The number of azide groups is 1. The maximum absolute atomic E-state index is 10.2. The first-order valence-corrected chi connectivity index (χ1v) is 6.02. The highest BCUT2D eigenvalue weighted by Gasteiger charge is 2.22. The van der Waals surface area contributed by atoms with Crippen molar-refractivity contribution in [2.45, 2.75) is 18.8 Å². The van der Waals surface area contributed by atoms with Crippen molar-refractivity contribution in [1.82, 2.24) is 5.32 Å². The first-order chi connectivity index (χ1) is 9.63. The Hall–Kier alpha value is -2.28. The van der Waals surface area contributed by atoms with Crippen molar-refractivity contribution in [3.63, 3.8) is 0 Å². The molecule has 1 amide bonds. The van der Waals surface area contributed by atoms with Crippen LogP contribution in [-0.4, -0.2) is 36.4 Å². The molecule has 0 aromatic heterocycles. The average Bonchev–Trinajstić information content (AvgIpc) is 2.85. The number of aliphatic hydroxyl groups excluding tert-OH is 1. The number of nitrogens with one attached hydrogen (secondary N) is 1. The normalized spacial score (nSPS) is 20.2. The molecule has 1 heterocycles. The number of carbonyl (C=O) groups is 1. The zero-order chi connectivity index (χ0) is 14.8. The predicted molar refractivity (Wildman–Crippen MR) is 72.6 cm³/mol. The Bertz CT molecular complexity index is 461. The van der Waals surface area contributed by atoms with Crippen LogP contribution >= 0.6 is 0 Å². The third-order valence-corrected chi connectivity index (χ3v) is 2.57. The first kappa shape index (κ1) is 15.8. The molecule has 0 aliphatic carbocycles. The Balaban J connectivity index is 0.000000204. The molecule has 2 atom stereocenters. The van der Waals surface area contributed by atoms with E-state index >= 15 is 0 Å². The number of ether oxygens (including phenoxy) is 1. The Morgan fingerprint density at radius 1 is 1.50 bits per heavy atom. The molecule has 108 valence electrons. The van der Waals surface area contributed by atoms with Crippen LogP contribution < -0.4 is 11.1 Å². The van der Waals surface area contributed by atoms with Crippen molar-refractivity contribution in [2.24, 2.45) is 10.8 Å². The Kier molecular flexibility index (Phi) is 6.91. The van der Waals surface area contributed by atoms with Crippen molar-refractivity contribution < 1.29 is 14.6 Å². The van der Waals surface area contributed by atoms with E-state index in [1.807, 2.05) is 30.3 Å².